The van der Waals surface area contributed by atoms with E-state index in [4.69, 9.17) is 4.74 Å². The molecule has 1 rings (SSSR count). The van der Waals surface area contributed by atoms with E-state index < -0.39 is 6.17 Å². The molecule has 0 aliphatic carbocycles. The summed E-state index contributed by atoms with van der Waals surface area (Å²) in [6.45, 7) is 2.62. The Labute approximate surface area is 77.6 Å². The molecular weight excluding hydrogens is 173 g/mol. The van der Waals surface area contributed by atoms with Crippen molar-refractivity contribution >= 4 is 5.97 Å². The van der Waals surface area contributed by atoms with Crippen LogP contribution in [0, 0.1) is 0 Å². The van der Waals surface area contributed by atoms with Gasteiger partial charge < -0.3 is 10.1 Å². The molecule has 1 aliphatic rings. The Morgan fingerprint density at radius 3 is 3.00 bits per heavy atom. The number of rotatable bonds is 4. The summed E-state index contributed by atoms with van der Waals surface area (Å²) in [6.07, 6.45) is 0.851. The molecule has 0 spiro atoms. The molecule has 3 nitrogen and oxygen atoms in total. The molecule has 4 heteroatoms. The number of alkyl halides is 1. The first-order valence-corrected chi connectivity index (χ1v) is 4.75. The summed E-state index contributed by atoms with van der Waals surface area (Å²) >= 11 is 0. The van der Waals surface area contributed by atoms with Crippen molar-refractivity contribution in [3.8, 4) is 0 Å². The van der Waals surface area contributed by atoms with Crippen molar-refractivity contribution in [3.63, 3.8) is 0 Å². The van der Waals surface area contributed by atoms with Gasteiger partial charge in [0, 0.05) is 19.0 Å². The molecule has 0 amide bonds. The Kier molecular flexibility index (Phi) is 4.15. The van der Waals surface area contributed by atoms with E-state index in [0.29, 0.717) is 32.4 Å². The number of carbonyl (C=O) groups excluding carboxylic acids is 1. The molecule has 2 atom stereocenters. The highest BCUT2D eigenvalue weighted by Gasteiger charge is 2.23. The molecule has 0 saturated carbocycles. The van der Waals surface area contributed by atoms with Crippen molar-refractivity contribution < 1.29 is 13.9 Å². The Balaban J connectivity index is 2.09. The zero-order valence-electron chi connectivity index (χ0n) is 7.88. The smallest absolute Gasteiger partial charge is 0.305 e. The monoisotopic (exact) mass is 189 g/mol. The van der Waals surface area contributed by atoms with E-state index in [9.17, 15) is 9.18 Å². The van der Waals surface area contributed by atoms with Crippen LogP contribution in [0.3, 0.4) is 0 Å². The van der Waals surface area contributed by atoms with E-state index in [-0.39, 0.29) is 12.0 Å². The summed E-state index contributed by atoms with van der Waals surface area (Å²) < 4.78 is 17.4. The molecule has 0 bridgehead atoms. The van der Waals surface area contributed by atoms with E-state index in [0.717, 1.165) is 0 Å². The van der Waals surface area contributed by atoms with Crippen LogP contribution in [0.4, 0.5) is 4.39 Å². The molecule has 1 heterocycles. The van der Waals surface area contributed by atoms with Gasteiger partial charge in [-0.2, -0.15) is 0 Å². The van der Waals surface area contributed by atoms with Crippen LogP contribution in [0.15, 0.2) is 0 Å². The summed E-state index contributed by atoms with van der Waals surface area (Å²) in [5, 5.41) is 3.02. The van der Waals surface area contributed by atoms with Crippen molar-refractivity contribution in [2.24, 2.45) is 0 Å². The summed E-state index contributed by atoms with van der Waals surface area (Å²) in [4.78, 5) is 10.9. The molecule has 0 aromatic carbocycles. The molecule has 1 N–H and O–H groups in total. The Hall–Kier alpha value is -0.640. The minimum atomic E-state index is -0.743. The van der Waals surface area contributed by atoms with E-state index in [2.05, 4.69) is 5.32 Å². The third-order valence-corrected chi connectivity index (χ3v) is 2.17. The van der Waals surface area contributed by atoms with Crippen LogP contribution in [0.5, 0.6) is 0 Å². The average Bonchev–Trinajstić information content (AvgIpc) is 2.49. The molecule has 13 heavy (non-hydrogen) atoms. The number of hydrogen-bond acceptors (Lipinski definition) is 3. The van der Waals surface area contributed by atoms with Crippen molar-refractivity contribution in [1.29, 1.82) is 0 Å². The van der Waals surface area contributed by atoms with Crippen LogP contribution < -0.4 is 5.32 Å². The van der Waals surface area contributed by atoms with Crippen molar-refractivity contribution in [1.82, 2.24) is 5.32 Å². The molecule has 0 radical (unpaired) electrons. The van der Waals surface area contributed by atoms with Gasteiger partial charge in [0.25, 0.3) is 0 Å². The van der Waals surface area contributed by atoms with Crippen LogP contribution in [0.25, 0.3) is 0 Å². The average molecular weight is 189 g/mol. The van der Waals surface area contributed by atoms with Crippen LogP contribution >= 0.6 is 0 Å². The predicted octanol–water partition coefficient (Wildman–Crippen LogP) is 1.03. The van der Waals surface area contributed by atoms with Gasteiger partial charge in [0.2, 0.25) is 0 Å². The fourth-order valence-electron chi connectivity index (χ4n) is 1.52. The van der Waals surface area contributed by atoms with Crippen LogP contribution in [-0.4, -0.2) is 31.3 Å². The molecule has 1 saturated heterocycles. The maximum atomic E-state index is 12.7. The van der Waals surface area contributed by atoms with Crippen LogP contribution in [-0.2, 0) is 9.53 Å². The molecule has 1 fully saturated rings. The van der Waals surface area contributed by atoms with Gasteiger partial charge in [-0.25, -0.2) is 4.39 Å². The maximum absolute atomic E-state index is 12.7. The number of ether oxygens (including phenoxy) is 1. The summed E-state index contributed by atoms with van der Waals surface area (Å²) in [6, 6.07) is 0.152. The lowest BCUT2D eigenvalue weighted by Crippen LogP contribution is -2.22. The Morgan fingerprint density at radius 2 is 2.46 bits per heavy atom. The quantitative estimate of drug-likeness (QED) is 0.671. The van der Waals surface area contributed by atoms with Gasteiger partial charge in [-0.15, -0.1) is 0 Å². The van der Waals surface area contributed by atoms with Gasteiger partial charge in [0.05, 0.1) is 6.61 Å². The van der Waals surface area contributed by atoms with E-state index in [1.807, 2.05) is 0 Å². The SMILES string of the molecule is CCOC(=O)CC[C@@H]1C[C@@H](F)CN1. The molecular formula is C9H16FNO2. The summed E-state index contributed by atoms with van der Waals surface area (Å²) in [7, 11) is 0. The standard InChI is InChI=1S/C9H16FNO2/c1-2-13-9(12)4-3-8-5-7(10)6-11-8/h7-8,11H,2-6H2,1H3/t7-,8-/m1/s1. The van der Waals surface area contributed by atoms with E-state index >= 15 is 0 Å². The lowest BCUT2D eigenvalue weighted by Gasteiger charge is -2.08. The van der Waals surface area contributed by atoms with E-state index in [1.54, 1.807) is 6.92 Å². The fourth-order valence-corrected chi connectivity index (χ4v) is 1.52. The van der Waals surface area contributed by atoms with Gasteiger partial charge in [-0.1, -0.05) is 0 Å². The molecule has 0 aromatic rings. The van der Waals surface area contributed by atoms with Crippen LogP contribution in [0.2, 0.25) is 0 Å². The highest BCUT2D eigenvalue weighted by atomic mass is 19.1. The third kappa shape index (κ3) is 3.72. The zero-order valence-corrected chi connectivity index (χ0v) is 7.88. The van der Waals surface area contributed by atoms with Gasteiger partial charge in [0.1, 0.15) is 6.17 Å². The minimum absolute atomic E-state index is 0.152. The van der Waals surface area contributed by atoms with Gasteiger partial charge >= 0.3 is 5.97 Å². The number of carbonyl (C=O) groups is 1. The first-order chi connectivity index (χ1) is 6.22. The molecule has 76 valence electrons. The highest BCUT2D eigenvalue weighted by molar-refractivity contribution is 5.69. The van der Waals surface area contributed by atoms with E-state index in [1.165, 1.54) is 0 Å². The normalized spacial score (nSPS) is 27.5. The molecule has 1 aliphatic heterocycles. The number of esters is 1. The Morgan fingerprint density at radius 1 is 1.69 bits per heavy atom. The largest absolute Gasteiger partial charge is 0.466 e. The number of nitrogens with one attached hydrogen (secondary N) is 1. The lowest BCUT2D eigenvalue weighted by molar-refractivity contribution is -0.143. The van der Waals surface area contributed by atoms with Crippen molar-refractivity contribution in [2.75, 3.05) is 13.2 Å². The summed E-state index contributed by atoms with van der Waals surface area (Å²) in [5.74, 6) is -0.188. The third-order valence-electron chi connectivity index (χ3n) is 2.17. The van der Waals surface area contributed by atoms with Gasteiger partial charge in [-0.3, -0.25) is 4.79 Å². The van der Waals surface area contributed by atoms with Gasteiger partial charge in [0.15, 0.2) is 0 Å². The second-order valence-corrected chi connectivity index (χ2v) is 3.28. The van der Waals surface area contributed by atoms with Crippen molar-refractivity contribution in [2.45, 2.75) is 38.4 Å². The first-order valence-electron chi connectivity index (χ1n) is 4.75. The Bertz CT molecular complexity index is 175. The molecule has 0 unspecified atom stereocenters. The van der Waals surface area contributed by atoms with Crippen LogP contribution in [0.1, 0.15) is 26.2 Å². The maximum Gasteiger partial charge on any atom is 0.305 e. The van der Waals surface area contributed by atoms with Crippen molar-refractivity contribution in [3.05, 3.63) is 0 Å². The first kappa shape index (κ1) is 10.4. The second-order valence-electron chi connectivity index (χ2n) is 3.28. The summed E-state index contributed by atoms with van der Waals surface area (Å²) in [5.41, 5.74) is 0. The predicted molar refractivity (Wildman–Crippen MR) is 47.2 cm³/mol. The second kappa shape index (κ2) is 5.17. The zero-order chi connectivity index (χ0) is 9.68. The highest BCUT2D eigenvalue weighted by Crippen LogP contribution is 2.14. The van der Waals surface area contributed by atoms with Gasteiger partial charge in [-0.05, 0) is 19.8 Å². The minimum Gasteiger partial charge on any atom is -0.466 e. The molecule has 0 aromatic heterocycles. The topological polar surface area (TPSA) is 38.3 Å². The lowest BCUT2D eigenvalue weighted by atomic mass is 10.1. The number of halogens is 1. The fraction of sp³-hybridized carbons (Fsp3) is 0.889. The number of hydrogen-bond donors (Lipinski definition) is 1.